The van der Waals surface area contributed by atoms with Crippen LogP contribution < -0.4 is 0 Å². The van der Waals surface area contributed by atoms with Gasteiger partial charge in [-0.15, -0.1) is 0 Å². The van der Waals surface area contributed by atoms with Crippen molar-refractivity contribution in [2.24, 2.45) is 0 Å². The molecule has 0 N–H and O–H groups in total. The number of halogens is 3. The van der Waals surface area contributed by atoms with Crippen molar-refractivity contribution in [3.63, 3.8) is 0 Å². The minimum Gasteiger partial charge on any atom is -0.207 e. The molecule has 0 fully saturated rings. The van der Waals surface area contributed by atoms with E-state index in [4.69, 9.17) is 0 Å². The number of hydrogen-bond donors (Lipinski definition) is 0. The van der Waals surface area contributed by atoms with Crippen molar-refractivity contribution in [1.29, 1.82) is 0 Å². The van der Waals surface area contributed by atoms with Crippen LogP contribution in [0.3, 0.4) is 0 Å². The van der Waals surface area contributed by atoms with E-state index < -0.39 is 11.6 Å². The van der Waals surface area contributed by atoms with E-state index in [-0.39, 0.29) is 4.83 Å². The van der Waals surface area contributed by atoms with Crippen LogP contribution in [0.1, 0.15) is 28.8 Å². The first kappa shape index (κ1) is 14.2. The lowest BCUT2D eigenvalue weighted by molar-refractivity contribution is 0.567. The Morgan fingerprint density at radius 1 is 1.00 bits per heavy atom. The van der Waals surface area contributed by atoms with Gasteiger partial charge in [-0.2, -0.15) is 0 Å². The zero-order valence-electron chi connectivity index (χ0n) is 10.5. The zero-order chi connectivity index (χ0) is 13.7. The summed E-state index contributed by atoms with van der Waals surface area (Å²) < 4.78 is 26.2. The molecule has 0 aliphatic rings. The molecule has 0 heterocycles. The molecular weight excluding hydrogens is 310 g/mol. The average molecular weight is 325 g/mol. The van der Waals surface area contributed by atoms with Crippen molar-refractivity contribution in [2.45, 2.75) is 24.1 Å². The molecule has 0 spiro atoms. The molecule has 2 aromatic carbocycles. The predicted octanol–water partition coefficient (Wildman–Crippen LogP) is 5.42. The minimum absolute atomic E-state index is 0.275. The van der Waals surface area contributed by atoms with Gasteiger partial charge in [-0.25, -0.2) is 8.78 Å². The highest BCUT2D eigenvalue weighted by Gasteiger charge is 2.08. The second-order valence-corrected chi connectivity index (χ2v) is 5.61. The lowest BCUT2D eigenvalue weighted by atomic mass is 10.0. The molecule has 0 saturated heterocycles. The molecule has 0 aliphatic heterocycles. The zero-order valence-corrected chi connectivity index (χ0v) is 12.0. The molecule has 0 bridgehead atoms. The van der Waals surface area contributed by atoms with Gasteiger partial charge in [0.15, 0.2) is 0 Å². The molecule has 0 radical (unpaired) electrons. The molecule has 2 rings (SSSR count). The first-order chi connectivity index (χ1) is 9.16. The van der Waals surface area contributed by atoms with Crippen LogP contribution >= 0.6 is 15.9 Å². The van der Waals surface area contributed by atoms with E-state index in [1.54, 1.807) is 0 Å². The van der Waals surface area contributed by atoms with E-state index in [1.807, 2.05) is 18.2 Å². The molecule has 3 heteroatoms. The minimum atomic E-state index is -0.524. The van der Waals surface area contributed by atoms with Gasteiger partial charge in [0, 0.05) is 10.9 Å². The third kappa shape index (κ3) is 4.13. The van der Waals surface area contributed by atoms with Crippen molar-refractivity contribution >= 4 is 15.9 Å². The highest BCUT2D eigenvalue weighted by atomic mass is 79.9. The monoisotopic (exact) mass is 324 g/mol. The first-order valence-electron chi connectivity index (χ1n) is 6.30. The van der Waals surface area contributed by atoms with Gasteiger partial charge >= 0.3 is 0 Å². The third-order valence-electron chi connectivity index (χ3n) is 3.08. The SMILES string of the molecule is Fc1ccc(CCCC(Br)c2ccccc2)c(F)c1. The van der Waals surface area contributed by atoms with Crippen molar-refractivity contribution in [2.75, 3.05) is 0 Å². The Bertz CT molecular complexity index is 526. The van der Waals surface area contributed by atoms with Gasteiger partial charge in [0.1, 0.15) is 11.6 Å². The maximum atomic E-state index is 13.4. The fourth-order valence-electron chi connectivity index (χ4n) is 2.02. The number of aryl methyl sites for hydroxylation is 1. The standard InChI is InChI=1S/C16H15BrF2/c17-15(12-5-2-1-3-6-12)8-4-7-13-9-10-14(18)11-16(13)19/h1-3,5-6,9-11,15H,4,7-8H2. The van der Waals surface area contributed by atoms with Crippen molar-refractivity contribution in [3.8, 4) is 0 Å². The van der Waals surface area contributed by atoms with Gasteiger partial charge in [-0.1, -0.05) is 52.3 Å². The number of rotatable bonds is 5. The molecule has 100 valence electrons. The van der Waals surface area contributed by atoms with Gasteiger partial charge in [-0.05, 0) is 36.5 Å². The number of benzene rings is 2. The van der Waals surface area contributed by atoms with Gasteiger partial charge in [0.25, 0.3) is 0 Å². The van der Waals surface area contributed by atoms with Crippen molar-refractivity contribution < 1.29 is 8.78 Å². The Hall–Kier alpha value is -1.22. The lowest BCUT2D eigenvalue weighted by Crippen LogP contribution is -1.95. The summed E-state index contributed by atoms with van der Waals surface area (Å²) in [5.74, 6) is -0.977. The van der Waals surface area contributed by atoms with Crippen LogP contribution in [0.5, 0.6) is 0 Å². The highest BCUT2D eigenvalue weighted by molar-refractivity contribution is 9.09. The van der Waals surface area contributed by atoms with Crippen LogP contribution in [-0.2, 0) is 6.42 Å². The lowest BCUT2D eigenvalue weighted by Gasteiger charge is -2.10. The summed E-state index contributed by atoms with van der Waals surface area (Å²) in [7, 11) is 0. The Morgan fingerprint density at radius 3 is 2.42 bits per heavy atom. The molecule has 1 atom stereocenters. The molecular formula is C16H15BrF2. The average Bonchev–Trinajstić information content (AvgIpc) is 2.42. The summed E-state index contributed by atoms with van der Waals surface area (Å²) in [6, 6.07) is 13.9. The van der Waals surface area contributed by atoms with Crippen LogP contribution in [-0.4, -0.2) is 0 Å². The van der Waals surface area contributed by atoms with Crippen LogP contribution in [0.25, 0.3) is 0 Å². The summed E-state index contributed by atoms with van der Waals surface area (Å²) in [4.78, 5) is 0.275. The van der Waals surface area contributed by atoms with Crippen molar-refractivity contribution in [1.82, 2.24) is 0 Å². The quantitative estimate of drug-likeness (QED) is 0.644. The number of alkyl halides is 1. The normalized spacial score (nSPS) is 12.4. The highest BCUT2D eigenvalue weighted by Crippen LogP contribution is 2.28. The number of hydrogen-bond acceptors (Lipinski definition) is 0. The summed E-state index contributed by atoms with van der Waals surface area (Å²) in [5.41, 5.74) is 1.80. The van der Waals surface area contributed by atoms with E-state index in [9.17, 15) is 8.78 Å². The maximum Gasteiger partial charge on any atom is 0.129 e. The summed E-state index contributed by atoms with van der Waals surface area (Å²) in [5, 5.41) is 0. The second kappa shape index (κ2) is 6.80. The van der Waals surface area contributed by atoms with E-state index in [1.165, 1.54) is 17.7 Å². The van der Waals surface area contributed by atoms with E-state index in [0.717, 1.165) is 18.9 Å². The van der Waals surface area contributed by atoms with Gasteiger partial charge in [0.05, 0.1) is 0 Å². The molecule has 1 unspecified atom stereocenters. The van der Waals surface area contributed by atoms with Crippen LogP contribution in [0.2, 0.25) is 0 Å². The molecule has 0 saturated carbocycles. The van der Waals surface area contributed by atoms with Crippen LogP contribution in [0, 0.1) is 11.6 Å². The fraction of sp³-hybridized carbons (Fsp3) is 0.250. The van der Waals surface area contributed by atoms with Crippen LogP contribution in [0.4, 0.5) is 8.78 Å². The van der Waals surface area contributed by atoms with Crippen molar-refractivity contribution in [3.05, 3.63) is 71.3 Å². The third-order valence-corrected chi connectivity index (χ3v) is 4.07. The predicted molar refractivity (Wildman–Crippen MR) is 77.4 cm³/mol. The maximum absolute atomic E-state index is 13.4. The molecule has 0 aliphatic carbocycles. The van der Waals surface area contributed by atoms with E-state index >= 15 is 0 Å². The van der Waals surface area contributed by atoms with E-state index in [0.29, 0.717) is 12.0 Å². The molecule has 0 amide bonds. The topological polar surface area (TPSA) is 0 Å². The largest absolute Gasteiger partial charge is 0.207 e. The van der Waals surface area contributed by atoms with E-state index in [2.05, 4.69) is 28.1 Å². The smallest absolute Gasteiger partial charge is 0.129 e. The first-order valence-corrected chi connectivity index (χ1v) is 7.21. The summed E-state index contributed by atoms with van der Waals surface area (Å²) in [6.07, 6.45) is 2.40. The van der Waals surface area contributed by atoms with Gasteiger partial charge in [-0.3, -0.25) is 0 Å². The Morgan fingerprint density at radius 2 is 1.74 bits per heavy atom. The summed E-state index contributed by atoms with van der Waals surface area (Å²) in [6.45, 7) is 0. The molecule has 19 heavy (non-hydrogen) atoms. The van der Waals surface area contributed by atoms with Gasteiger partial charge in [0.2, 0.25) is 0 Å². The van der Waals surface area contributed by atoms with Crippen LogP contribution in [0.15, 0.2) is 48.5 Å². The Labute approximate surface area is 120 Å². The van der Waals surface area contributed by atoms with Gasteiger partial charge < -0.3 is 0 Å². The molecule has 0 aromatic heterocycles. The fourth-order valence-corrected chi connectivity index (χ4v) is 2.65. The Balaban J connectivity index is 1.86. The Kier molecular flexibility index (Phi) is 5.08. The summed E-state index contributed by atoms with van der Waals surface area (Å²) >= 11 is 3.64. The molecule has 2 aromatic rings. The molecule has 0 nitrogen and oxygen atoms in total. The second-order valence-electron chi connectivity index (χ2n) is 4.51.